The van der Waals surface area contributed by atoms with Crippen LogP contribution >= 0.6 is 0 Å². The minimum atomic E-state index is 0.915. The predicted molar refractivity (Wildman–Crippen MR) is 250 cm³/mol. The van der Waals surface area contributed by atoms with Crippen molar-refractivity contribution in [2.75, 3.05) is 4.90 Å². The highest BCUT2D eigenvalue weighted by molar-refractivity contribution is 6.09. The molecule has 0 bridgehead atoms. The van der Waals surface area contributed by atoms with Gasteiger partial charge in [0.15, 0.2) is 0 Å². The molecule has 7 aromatic carbocycles. The summed E-state index contributed by atoms with van der Waals surface area (Å²) in [5.41, 5.74) is 19.8. The van der Waals surface area contributed by atoms with Crippen LogP contribution in [0.3, 0.4) is 0 Å². The maximum Gasteiger partial charge on any atom is 0.143 e. The van der Waals surface area contributed by atoms with Crippen LogP contribution in [0.15, 0.2) is 204 Å². The molecular formula is C57H49NO. The third-order valence-corrected chi connectivity index (χ3v) is 12.5. The van der Waals surface area contributed by atoms with Crippen LogP contribution < -0.4 is 4.90 Å². The number of benzene rings is 7. The standard InChI is InChI=1S/C57H49NO/c1-40-16-5-2-10-21-49(43-19-8-4-9-20-43)51-22-11-12-24-53(51)56(40)45-32-38-48(39-33-45)58(46-34-28-42(29-35-46)41-17-6-3-7-18-41)47-36-30-44(31-37-47)50-25-15-26-54-52-23-13-14-27-55(52)59-57(50)54/h3-4,6-9,13-15,17-20,23,25-39H,1-2,5,10-12,16,21-22,24H2/b51-49+,56-53?. The van der Waals surface area contributed by atoms with E-state index < -0.39 is 0 Å². The van der Waals surface area contributed by atoms with Crippen LogP contribution in [-0.2, 0) is 0 Å². The lowest BCUT2D eigenvalue weighted by atomic mass is 9.76. The molecular weight excluding hydrogens is 715 g/mol. The summed E-state index contributed by atoms with van der Waals surface area (Å²) >= 11 is 0. The van der Waals surface area contributed by atoms with Gasteiger partial charge in [-0.1, -0.05) is 146 Å². The summed E-state index contributed by atoms with van der Waals surface area (Å²) in [6.07, 6.45) is 10.6. The first-order valence-electron chi connectivity index (χ1n) is 21.5. The van der Waals surface area contributed by atoms with E-state index in [1.54, 1.807) is 11.1 Å². The molecule has 2 aliphatic carbocycles. The molecule has 288 valence electrons. The highest BCUT2D eigenvalue weighted by atomic mass is 16.3. The lowest BCUT2D eigenvalue weighted by Crippen LogP contribution is -2.10. The number of fused-ring (bicyclic) bond motifs is 4. The molecule has 10 rings (SSSR count). The molecule has 1 heterocycles. The Morgan fingerprint density at radius 1 is 0.373 bits per heavy atom. The van der Waals surface area contributed by atoms with E-state index in [1.807, 2.05) is 12.1 Å². The third kappa shape index (κ3) is 7.25. The molecule has 2 aliphatic rings. The van der Waals surface area contributed by atoms with Crippen molar-refractivity contribution in [2.24, 2.45) is 0 Å². The average Bonchev–Trinajstić information content (AvgIpc) is 3.69. The van der Waals surface area contributed by atoms with Gasteiger partial charge in [0, 0.05) is 33.4 Å². The van der Waals surface area contributed by atoms with Crippen LogP contribution in [0.25, 0.3) is 55.3 Å². The number of para-hydroxylation sites is 2. The van der Waals surface area contributed by atoms with E-state index in [-0.39, 0.29) is 0 Å². The highest BCUT2D eigenvalue weighted by Crippen LogP contribution is 2.45. The largest absolute Gasteiger partial charge is 0.455 e. The molecule has 2 nitrogen and oxygen atoms in total. The topological polar surface area (TPSA) is 16.4 Å². The fourth-order valence-electron chi connectivity index (χ4n) is 9.58. The van der Waals surface area contributed by atoms with Crippen LogP contribution in [-0.4, -0.2) is 0 Å². The maximum atomic E-state index is 6.44. The lowest BCUT2D eigenvalue weighted by molar-refractivity contribution is 0.662. The number of hydrogen-bond acceptors (Lipinski definition) is 2. The first kappa shape index (κ1) is 36.7. The molecule has 1 saturated carbocycles. The molecule has 0 atom stereocenters. The summed E-state index contributed by atoms with van der Waals surface area (Å²) in [6, 6.07) is 63.8. The van der Waals surface area contributed by atoms with Crippen LogP contribution in [0.5, 0.6) is 0 Å². The Bertz CT molecular complexity index is 2820. The molecule has 1 aromatic heterocycles. The Kier molecular flexibility index (Phi) is 10.1. The first-order valence-corrected chi connectivity index (χ1v) is 21.5. The van der Waals surface area contributed by atoms with Crippen LogP contribution in [0.2, 0.25) is 0 Å². The second-order valence-electron chi connectivity index (χ2n) is 16.2. The number of furan rings is 1. The Hall–Kier alpha value is -6.64. The quantitative estimate of drug-likeness (QED) is 0.161. The van der Waals surface area contributed by atoms with Crippen molar-refractivity contribution in [1.82, 2.24) is 0 Å². The number of hydrogen-bond donors (Lipinski definition) is 0. The van der Waals surface area contributed by atoms with Crippen molar-refractivity contribution in [3.05, 3.63) is 210 Å². The van der Waals surface area contributed by atoms with Gasteiger partial charge in [-0.15, -0.1) is 0 Å². The zero-order valence-corrected chi connectivity index (χ0v) is 33.7. The third-order valence-electron chi connectivity index (χ3n) is 12.5. The molecule has 0 radical (unpaired) electrons. The normalized spacial score (nSPS) is 16.3. The summed E-state index contributed by atoms with van der Waals surface area (Å²) in [7, 11) is 0. The van der Waals surface area contributed by atoms with Gasteiger partial charge in [-0.25, -0.2) is 0 Å². The molecule has 0 N–H and O–H groups in total. The summed E-state index contributed by atoms with van der Waals surface area (Å²) in [5, 5.41) is 2.29. The first-order chi connectivity index (χ1) is 29.2. The fraction of sp³-hybridized carbons (Fsp3) is 0.158. The summed E-state index contributed by atoms with van der Waals surface area (Å²) in [4.78, 5) is 2.38. The van der Waals surface area contributed by atoms with E-state index in [0.29, 0.717) is 0 Å². The smallest absolute Gasteiger partial charge is 0.143 e. The van der Waals surface area contributed by atoms with Crippen LogP contribution in [0.4, 0.5) is 17.1 Å². The van der Waals surface area contributed by atoms with E-state index in [9.17, 15) is 0 Å². The second-order valence-corrected chi connectivity index (χ2v) is 16.2. The minimum absolute atomic E-state index is 0.915. The maximum absolute atomic E-state index is 6.44. The van der Waals surface area contributed by atoms with Crippen molar-refractivity contribution >= 4 is 50.1 Å². The van der Waals surface area contributed by atoms with Gasteiger partial charge in [-0.2, -0.15) is 0 Å². The van der Waals surface area contributed by atoms with Crippen molar-refractivity contribution < 1.29 is 4.42 Å². The van der Waals surface area contributed by atoms with Gasteiger partial charge in [0.1, 0.15) is 11.2 Å². The zero-order chi connectivity index (χ0) is 39.5. The average molecular weight is 764 g/mol. The van der Waals surface area contributed by atoms with E-state index in [1.165, 1.54) is 71.1 Å². The Labute approximate surface area is 348 Å². The van der Waals surface area contributed by atoms with Gasteiger partial charge in [-0.05, 0) is 150 Å². The van der Waals surface area contributed by atoms with Crippen molar-refractivity contribution in [1.29, 1.82) is 0 Å². The molecule has 0 saturated heterocycles. The number of rotatable bonds is 7. The van der Waals surface area contributed by atoms with E-state index in [2.05, 4.69) is 169 Å². The van der Waals surface area contributed by atoms with Crippen molar-refractivity contribution in [3.63, 3.8) is 0 Å². The predicted octanol–water partition coefficient (Wildman–Crippen LogP) is 16.7. The SMILES string of the molecule is C=C1CCCCC/C(c2ccccc2)=C2/CCCCC2=C1c1ccc(N(c2ccc(-c3ccccc3)cc2)c2ccc(-c3cccc4c3oc3ccccc34)cc2)cc1. The molecule has 8 aromatic rings. The van der Waals surface area contributed by atoms with Crippen LogP contribution in [0, 0.1) is 0 Å². The molecule has 0 amide bonds. The Morgan fingerprint density at radius 3 is 1.58 bits per heavy atom. The van der Waals surface area contributed by atoms with Gasteiger partial charge >= 0.3 is 0 Å². The highest BCUT2D eigenvalue weighted by Gasteiger charge is 2.24. The molecule has 2 heteroatoms. The lowest BCUT2D eigenvalue weighted by Gasteiger charge is -2.29. The molecule has 1 fully saturated rings. The van der Waals surface area contributed by atoms with Gasteiger partial charge in [0.05, 0.1) is 0 Å². The molecule has 0 aliphatic heterocycles. The van der Waals surface area contributed by atoms with E-state index >= 15 is 0 Å². The van der Waals surface area contributed by atoms with Gasteiger partial charge in [0.2, 0.25) is 0 Å². The van der Waals surface area contributed by atoms with Gasteiger partial charge in [-0.3, -0.25) is 0 Å². The van der Waals surface area contributed by atoms with Crippen LogP contribution in [0.1, 0.15) is 68.9 Å². The van der Waals surface area contributed by atoms with E-state index in [0.717, 1.165) is 75.8 Å². The molecule has 0 spiro atoms. The van der Waals surface area contributed by atoms with Crippen molar-refractivity contribution in [2.45, 2.75) is 57.8 Å². The van der Waals surface area contributed by atoms with Gasteiger partial charge < -0.3 is 9.32 Å². The molecule has 59 heavy (non-hydrogen) atoms. The van der Waals surface area contributed by atoms with Gasteiger partial charge in [0.25, 0.3) is 0 Å². The minimum Gasteiger partial charge on any atom is -0.455 e. The summed E-state index contributed by atoms with van der Waals surface area (Å²) in [5.74, 6) is 0. The summed E-state index contributed by atoms with van der Waals surface area (Å²) in [6.45, 7) is 4.79. The number of allylic oxidation sites excluding steroid dienone is 5. The summed E-state index contributed by atoms with van der Waals surface area (Å²) < 4.78 is 6.44. The number of anilines is 3. The zero-order valence-electron chi connectivity index (χ0n) is 33.7. The monoisotopic (exact) mass is 763 g/mol. The van der Waals surface area contributed by atoms with E-state index in [4.69, 9.17) is 11.0 Å². The fourth-order valence-corrected chi connectivity index (χ4v) is 9.58. The Balaban J connectivity index is 1.06. The molecule has 0 unspecified atom stereocenters. The Morgan fingerprint density at radius 2 is 0.881 bits per heavy atom. The second kappa shape index (κ2) is 16.3. The van der Waals surface area contributed by atoms with Crippen molar-refractivity contribution in [3.8, 4) is 22.3 Å². The number of nitrogens with zero attached hydrogens (tertiary/aromatic N) is 1.